The van der Waals surface area contributed by atoms with Crippen LogP contribution in [-0.4, -0.2) is 58.2 Å². The highest BCUT2D eigenvalue weighted by molar-refractivity contribution is 8.06. The highest BCUT2D eigenvalue weighted by Crippen LogP contribution is 2.15. The molecule has 1 heterocycles. The number of sulfone groups is 1. The topological polar surface area (TPSA) is 83.6 Å². The lowest BCUT2D eigenvalue weighted by molar-refractivity contribution is 0.285. The zero-order chi connectivity index (χ0) is 13.8. The first-order valence-electron chi connectivity index (χ1n) is 6.13. The van der Waals surface area contributed by atoms with E-state index in [4.69, 9.17) is 0 Å². The van der Waals surface area contributed by atoms with Crippen molar-refractivity contribution >= 4 is 19.9 Å². The summed E-state index contributed by atoms with van der Waals surface area (Å²) in [6.07, 6.45) is 3.64. The van der Waals surface area contributed by atoms with E-state index in [-0.39, 0.29) is 6.04 Å². The second kappa shape index (κ2) is 6.31. The van der Waals surface area contributed by atoms with E-state index in [2.05, 4.69) is 5.32 Å². The van der Waals surface area contributed by atoms with Crippen molar-refractivity contribution < 1.29 is 16.8 Å². The highest BCUT2D eigenvalue weighted by atomic mass is 32.3. The van der Waals surface area contributed by atoms with E-state index < -0.39 is 24.9 Å². The summed E-state index contributed by atoms with van der Waals surface area (Å²) in [6.45, 7) is 3.69. The Hall–Kier alpha value is -0.180. The maximum Gasteiger partial charge on any atom is 0.228 e. The summed E-state index contributed by atoms with van der Waals surface area (Å²) in [6, 6.07) is 0.132. The third-order valence-electron chi connectivity index (χ3n) is 2.82. The van der Waals surface area contributed by atoms with E-state index >= 15 is 0 Å². The van der Waals surface area contributed by atoms with Crippen molar-refractivity contribution in [2.24, 2.45) is 0 Å². The number of rotatable bonds is 6. The second-order valence-corrected chi connectivity index (χ2v) is 9.28. The van der Waals surface area contributed by atoms with Crippen LogP contribution in [0.4, 0.5) is 0 Å². The van der Waals surface area contributed by atoms with Crippen LogP contribution in [0.15, 0.2) is 0 Å². The number of hydrogen-bond acceptors (Lipinski definition) is 5. The molecule has 0 aromatic heterocycles. The summed E-state index contributed by atoms with van der Waals surface area (Å²) in [5, 5.41) is 2.49. The molecule has 18 heavy (non-hydrogen) atoms. The van der Waals surface area contributed by atoms with Gasteiger partial charge in [-0.3, -0.25) is 0 Å². The molecule has 1 unspecified atom stereocenters. The van der Waals surface area contributed by atoms with Gasteiger partial charge in [0.25, 0.3) is 0 Å². The van der Waals surface area contributed by atoms with Gasteiger partial charge in [0.05, 0.1) is 0 Å². The molecule has 0 saturated carbocycles. The van der Waals surface area contributed by atoms with Crippen LogP contribution in [0.2, 0.25) is 0 Å². The van der Waals surface area contributed by atoms with Crippen molar-refractivity contribution in [1.82, 2.24) is 9.62 Å². The lowest BCUT2D eigenvalue weighted by atomic mass is 10.1. The number of nitrogens with one attached hydrogen (secondary N) is 1. The van der Waals surface area contributed by atoms with Gasteiger partial charge in [-0.05, 0) is 25.8 Å². The molecule has 6 nitrogen and oxygen atoms in total. The average molecular weight is 298 g/mol. The molecule has 1 N–H and O–H groups in total. The van der Waals surface area contributed by atoms with Crippen LogP contribution in [0.25, 0.3) is 0 Å². The molecule has 1 rings (SSSR count). The fourth-order valence-electron chi connectivity index (χ4n) is 2.06. The van der Waals surface area contributed by atoms with Crippen LogP contribution in [0, 0.1) is 0 Å². The maximum absolute atomic E-state index is 11.9. The standard InChI is InChI=1S/C10H22N2O4S2/c1-3-6-11-10-5-4-7-12(8-10)18(15,16)9-17(2,13)14/h10-11H,3-9H2,1-2H3. The summed E-state index contributed by atoms with van der Waals surface area (Å²) >= 11 is 0. The van der Waals surface area contributed by atoms with Crippen LogP contribution in [-0.2, 0) is 19.9 Å². The predicted octanol–water partition coefficient (Wildman–Crippen LogP) is -0.218. The van der Waals surface area contributed by atoms with Gasteiger partial charge < -0.3 is 5.32 Å². The fourth-order valence-corrected chi connectivity index (χ4v) is 5.63. The molecule has 108 valence electrons. The first kappa shape index (κ1) is 15.9. The molecular weight excluding hydrogens is 276 g/mol. The molecular formula is C10H22N2O4S2. The molecule has 1 saturated heterocycles. The maximum atomic E-state index is 11.9. The molecule has 0 aliphatic carbocycles. The highest BCUT2D eigenvalue weighted by Gasteiger charge is 2.31. The second-order valence-electron chi connectivity index (χ2n) is 4.81. The summed E-state index contributed by atoms with van der Waals surface area (Å²) in [5.74, 6) is 0. The van der Waals surface area contributed by atoms with Crippen LogP contribution in [0.3, 0.4) is 0 Å². The summed E-state index contributed by atoms with van der Waals surface area (Å²) < 4.78 is 47.4. The van der Waals surface area contributed by atoms with Crippen LogP contribution < -0.4 is 5.32 Å². The molecule has 1 aliphatic rings. The van der Waals surface area contributed by atoms with Crippen molar-refractivity contribution in [2.45, 2.75) is 32.2 Å². The van der Waals surface area contributed by atoms with E-state index in [0.29, 0.717) is 13.1 Å². The third kappa shape index (κ3) is 5.21. The Morgan fingerprint density at radius 3 is 2.50 bits per heavy atom. The van der Waals surface area contributed by atoms with Gasteiger partial charge in [0, 0.05) is 25.4 Å². The van der Waals surface area contributed by atoms with E-state index in [0.717, 1.165) is 32.1 Å². The van der Waals surface area contributed by atoms with Crippen LogP contribution >= 0.6 is 0 Å². The number of nitrogens with zero attached hydrogens (tertiary/aromatic N) is 1. The Morgan fingerprint density at radius 2 is 1.94 bits per heavy atom. The summed E-state index contributed by atoms with van der Waals surface area (Å²) in [4.78, 5) is 0. The van der Waals surface area contributed by atoms with Crippen LogP contribution in [0.1, 0.15) is 26.2 Å². The normalized spacial score (nSPS) is 23.1. The Kier molecular flexibility index (Phi) is 5.57. The van der Waals surface area contributed by atoms with Gasteiger partial charge in [-0.2, -0.15) is 4.31 Å². The molecule has 0 aromatic rings. The average Bonchev–Trinajstić information content (AvgIpc) is 2.23. The SMILES string of the molecule is CCCNC1CCCN(S(=O)(=O)CS(C)(=O)=O)C1. The Bertz CT molecular complexity index is 458. The Morgan fingerprint density at radius 1 is 1.28 bits per heavy atom. The number of sulfonamides is 1. The Labute approximate surface area is 110 Å². The fraction of sp³-hybridized carbons (Fsp3) is 1.00. The first-order chi connectivity index (χ1) is 8.24. The van der Waals surface area contributed by atoms with E-state index in [9.17, 15) is 16.8 Å². The lowest BCUT2D eigenvalue weighted by Gasteiger charge is -2.32. The predicted molar refractivity (Wildman–Crippen MR) is 71.5 cm³/mol. The quantitative estimate of drug-likeness (QED) is 0.733. The van der Waals surface area contributed by atoms with Crippen molar-refractivity contribution in [3.8, 4) is 0 Å². The van der Waals surface area contributed by atoms with E-state index in [1.165, 1.54) is 4.31 Å². The molecule has 0 spiro atoms. The van der Waals surface area contributed by atoms with Gasteiger partial charge in [-0.15, -0.1) is 0 Å². The van der Waals surface area contributed by atoms with E-state index in [1.807, 2.05) is 6.92 Å². The van der Waals surface area contributed by atoms with Gasteiger partial charge in [-0.1, -0.05) is 6.92 Å². The monoisotopic (exact) mass is 298 g/mol. The van der Waals surface area contributed by atoms with Gasteiger partial charge in [0.2, 0.25) is 10.0 Å². The van der Waals surface area contributed by atoms with Gasteiger partial charge >= 0.3 is 0 Å². The number of hydrogen-bond donors (Lipinski definition) is 1. The van der Waals surface area contributed by atoms with Gasteiger partial charge in [-0.25, -0.2) is 16.8 Å². The van der Waals surface area contributed by atoms with E-state index in [1.54, 1.807) is 0 Å². The lowest BCUT2D eigenvalue weighted by Crippen LogP contribution is -2.49. The minimum atomic E-state index is -3.69. The first-order valence-corrected chi connectivity index (χ1v) is 9.80. The van der Waals surface area contributed by atoms with Crippen molar-refractivity contribution in [3.63, 3.8) is 0 Å². The van der Waals surface area contributed by atoms with Gasteiger partial charge in [0.15, 0.2) is 14.9 Å². The van der Waals surface area contributed by atoms with Crippen molar-refractivity contribution in [2.75, 3.05) is 31.0 Å². The zero-order valence-electron chi connectivity index (χ0n) is 10.9. The molecule has 0 radical (unpaired) electrons. The summed E-state index contributed by atoms with van der Waals surface area (Å²) in [5.41, 5.74) is 0. The summed E-state index contributed by atoms with van der Waals surface area (Å²) in [7, 11) is -7.21. The minimum absolute atomic E-state index is 0.132. The molecule has 0 bridgehead atoms. The largest absolute Gasteiger partial charge is 0.313 e. The molecule has 0 amide bonds. The number of piperidine rings is 1. The van der Waals surface area contributed by atoms with Crippen molar-refractivity contribution in [1.29, 1.82) is 0 Å². The smallest absolute Gasteiger partial charge is 0.228 e. The molecule has 1 fully saturated rings. The molecule has 0 aromatic carbocycles. The third-order valence-corrected chi connectivity index (χ3v) is 6.85. The molecule has 8 heteroatoms. The van der Waals surface area contributed by atoms with Gasteiger partial charge in [0.1, 0.15) is 0 Å². The van der Waals surface area contributed by atoms with Crippen molar-refractivity contribution in [3.05, 3.63) is 0 Å². The minimum Gasteiger partial charge on any atom is -0.313 e. The molecule has 1 atom stereocenters. The zero-order valence-corrected chi connectivity index (χ0v) is 12.6. The molecule has 1 aliphatic heterocycles. The Balaban J connectivity index is 2.65. The van der Waals surface area contributed by atoms with Crippen LogP contribution in [0.5, 0.6) is 0 Å².